The maximum absolute atomic E-state index is 13.0. The fourth-order valence-corrected chi connectivity index (χ4v) is 5.83. The van der Waals surface area contributed by atoms with Gasteiger partial charge in [0.1, 0.15) is 0 Å². The van der Waals surface area contributed by atoms with Gasteiger partial charge in [-0.1, -0.05) is 43.4 Å². The van der Waals surface area contributed by atoms with Crippen LogP contribution in [0.5, 0.6) is 0 Å². The molecule has 1 atom stereocenters. The standard InChI is InChI=1S/C21H31N3O4S/c1-16-10-12-19(13-11-16)29(27,28)24-14-6-9-18(24)15-22-20(25)21(26)23-17-7-4-2-3-5-8-17/h10-13,17-18H,2-9,14-15H2,1H3,(H,22,25)(H,23,26). The molecule has 2 N–H and O–H groups in total. The molecule has 2 fully saturated rings. The molecule has 29 heavy (non-hydrogen) atoms. The number of nitrogens with one attached hydrogen (secondary N) is 2. The lowest BCUT2D eigenvalue weighted by atomic mass is 10.1. The second kappa shape index (κ2) is 9.71. The van der Waals surface area contributed by atoms with E-state index in [9.17, 15) is 18.0 Å². The summed E-state index contributed by atoms with van der Waals surface area (Å²) in [6.07, 6.45) is 7.70. The second-order valence-corrected chi connectivity index (χ2v) is 9.99. The van der Waals surface area contributed by atoms with E-state index in [1.807, 2.05) is 6.92 Å². The molecule has 2 amide bonds. The largest absolute Gasteiger partial charge is 0.346 e. The van der Waals surface area contributed by atoms with Gasteiger partial charge >= 0.3 is 11.8 Å². The molecule has 160 valence electrons. The van der Waals surface area contributed by atoms with Crippen molar-refractivity contribution >= 4 is 21.8 Å². The first kappa shape index (κ1) is 21.8. The first-order valence-corrected chi connectivity index (χ1v) is 12.0. The third kappa shape index (κ3) is 5.57. The molecule has 7 nitrogen and oxygen atoms in total. The van der Waals surface area contributed by atoms with Gasteiger partial charge in [0.05, 0.1) is 4.90 Å². The Kier molecular flexibility index (Phi) is 7.29. The summed E-state index contributed by atoms with van der Waals surface area (Å²) in [5.41, 5.74) is 0.994. The first-order chi connectivity index (χ1) is 13.9. The minimum Gasteiger partial charge on any atom is -0.346 e. The van der Waals surface area contributed by atoms with Crippen LogP contribution < -0.4 is 10.6 Å². The number of sulfonamides is 1. The third-order valence-corrected chi connectivity index (χ3v) is 7.81. The molecule has 0 spiro atoms. The van der Waals surface area contributed by atoms with Gasteiger partial charge in [-0.2, -0.15) is 4.31 Å². The fourth-order valence-electron chi connectivity index (χ4n) is 4.14. The third-order valence-electron chi connectivity index (χ3n) is 5.85. The minimum atomic E-state index is -3.62. The number of benzene rings is 1. The van der Waals surface area contributed by atoms with Gasteiger partial charge in [-0.25, -0.2) is 8.42 Å². The van der Waals surface area contributed by atoms with Crippen LogP contribution in [0.2, 0.25) is 0 Å². The average Bonchev–Trinajstić information content (AvgIpc) is 3.04. The van der Waals surface area contributed by atoms with E-state index in [4.69, 9.17) is 0 Å². The molecule has 1 aromatic carbocycles. The fraction of sp³-hybridized carbons (Fsp3) is 0.619. The van der Waals surface area contributed by atoms with Crippen LogP contribution in [-0.4, -0.2) is 49.7 Å². The van der Waals surface area contributed by atoms with Crippen LogP contribution in [0, 0.1) is 6.92 Å². The van der Waals surface area contributed by atoms with Gasteiger partial charge < -0.3 is 10.6 Å². The number of carbonyl (C=O) groups is 2. The molecule has 3 rings (SSSR count). The highest BCUT2D eigenvalue weighted by molar-refractivity contribution is 7.89. The molecule has 2 aliphatic rings. The molecule has 0 bridgehead atoms. The van der Waals surface area contributed by atoms with Crippen molar-refractivity contribution in [3.63, 3.8) is 0 Å². The van der Waals surface area contributed by atoms with Gasteiger partial charge in [-0.05, 0) is 44.7 Å². The summed E-state index contributed by atoms with van der Waals surface area (Å²) >= 11 is 0. The lowest BCUT2D eigenvalue weighted by molar-refractivity contribution is -0.139. The van der Waals surface area contributed by atoms with E-state index in [0.29, 0.717) is 13.0 Å². The van der Waals surface area contributed by atoms with Crippen molar-refractivity contribution in [1.29, 1.82) is 0 Å². The van der Waals surface area contributed by atoms with Crippen molar-refractivity contribution in [3.05, 3.63) is 29.8 Å². The van der Waals surface area contributed by atoms with E-state index < -0.39 is 21.8 Å². The van der Waals surface area contributed by atoms with E-state index >= 15 is 0 Å². The molecule has 0 radical (unpaired) electrons. The first-order valence-electron chi connectivity index (χ1n) is 10.5. The summed E-state index contributed by atoms with van der Waals surface area (Å²) in [5, 5.41) is 5.46. The number of nitrogens with zero attached hydrogens (tertiary/aromatic N) is 1. The molecule has 8 heteroatoms. The Morgan fingerprint density at radius 2 is 1.62 bits per heavy atom. The van der Waals surface area contributed by atoms with Gasteiger partial charge in [0, 0.05) is 25.2 Å². The molecule has 0 aromatic heterocycles. The number of carbonyl (C=O) groups excluding carboxylic acids is 2. The molecule has 1 unspecified atom stereocenters. The Morgan fingerprint density at radius 1 is 0.966 bits per heavy atom. The van der Waals surface area contributed by atoms with E-state index in [1.54, 1.807) is 24.3 Å². The van der Waals surface area contributed by atoms with Crippen LogP contribution in [0.3, 0.4) is 0 Å². The van der Waals surface area contributed by atoms with E-state index in [1.165, 1.54) is 17.1 Å². The summed E-state index contributed by atoms with van der Waals surface area (Å²) in [7, 11) is -3.62. The summed E-state index contributed by atoms with van der Waals surface area (Å²) in [6.45, 7) is 2.47. The number of hydrogen-bond acceptors (Lipinski definition) is 4. The highest BCUT2D eigenvalue weighted by atomic mass is 32.2. The van der Waals surface area contributed by atoms with Crippen molar-refractivity contribution in [1.82, 2.24) is 14.9 Å². The van der Waals surface area contributed by atoms with Crippen molar-refractivity contribution in [2.24, 2.45) is 0 Å². The van der Waals surface area contributed by atoms with Gasteiger partial charge in [0.2, 0.25) is 10.0 Å². The number of hydrogen-bond donors (Lipinski definition) is 2. The number of aryl methyl sites for hydroxylation is 1. The topological polar surface area (TPSA) is 95.6 Å². The van der Waals surface area contributed by atoms with Crippen molar-refractivity contribution in [3.8, 4) is 0 Å². The molecular weight excluding hydrogens is 390 g/mol. The lowest BCUT2D eigenvalue weighted by Gasteiger charge is -2.24. The zero-order valence-corrected chi connectivity index (χ0v) is 17.8. The van der Waals surface area contributed by atoms with Crippen LogP contribution in [-0.2, 0) is 19.6 Å². The highest BCUT2D eigenvalue weighted by Crippen LogP contribution is 2.26. The van der Waals surface area contributed by atoms with Crippen LogP contribution in [0.1, 0.15) is 56.9 Å². The highest BCUT2D eigenvalue weighted by Gasteiger charge is 2.35. The number of amides is 2. The van der Waals surface area contributed by atoms with Gasteiger partial charge in [0.15, 0.2) is 0 Å². The monoisotopic (exact) mass is 421 g/mol. The Balaban J connectivity index is 1.55. The molecule has 1 heterocycles. The smallest absolute Gasteiger partial charge is 0.309 e. The predicted octanol–water partition coefficient (Wildman–Crippen LogP) is 2.10. The van der Waals surface area contributed by atoms with Gasteiger partial charge in [0.25, 0.3) is 0 Å². The number of rotatable bonds is 5. The SMILES string of the molecule is Cc1ccc(S(=O)(=O)N2CCCC2CNC(=O)C(=O)NC2CCCCCC2)cc1. The minimum absolute atomic E-state index is 0.0562. The van der Waals surface area contributed by atoms with E-state index in [-0.39, 0.29) is 23.5 Å². The van der Waals surface area contributed by atoms with E-state index in [0.717, 1.165) is 37.7 Å². The van der Waals surface area contributed by atoms with Crippen molar-refractivity contribution in [2.75, 3.05) is 13.1 Å². The summed E-state index contributed by atoms with van der Waals surface area (Å²) in [6, 6.07) is 6.49. The lowest BCUT2D eigenvalue weighted by Crippen LogP contribution is -2.48. The zero-order chi connectivity index (χ0) is 20.9. The quantitative estimate of drug-likeness (QED) is 0.562. The van der Waals surface area contributed by atoms with Crippen molar-refractivity contribution < 1.29 is 18.0 Å². The molecule has 1 aliphatic heterocycles. The normalized spacial score (nSPS) is 21.5. The maximum Gasteiger partial charge on any atom is 0.309 e. The summed E-state index contributed by atoms with van der Waals surface area (Å²) in [4.78, 5) is 24.7. The molecule has 1 aromatic rings. The summed E-state index contributed by atoms with van der Waals surface area (Å²) in [5.74, 6) is -1.31. The van der Waals surface area contributed by atoms with Crippen molar-refractivity contribution in [2.45, 2.75) is 75.3 Å². The molecule has 1 saturated heterocycles. The van der Waals surface area contributed by atoms with E-state index in [2.05, 4.69) is 10.6 Å². The Labute approximate surface area is 173 Å². The molecular formula is C21H31N3O4S. The van der Waals surface area contributed by atoms with Gasteiger partial charge in [-0.15, -0.1) is 0 Å². The van der Waals surface area contributed by atoms with Gasteiger partial charge in [-0.3, -0.25) is 9.59 Å². The zero-order valence-electron chi connectivity index (χ0n) is 17.0. The predicted molar refractivity (Wildman–Crippen MR) is 111 cm³/mol. The molecule has 1 aliphatic carbocycles. The average molecular weight is 422 g/mol. The van der Waals surface area contributed by atoms with Crippen LogP contribution in [0.15, 0.2) is 29.2 Å². The van der Waals surface area contributed by atoms with Crippen LogP contribution in [0.25, 0.3) is 0 Å². The Bertz CT molecular complexity index is 815. The van der Waals surface area contributed by atoms with Crippen LogP contribution in [0.4, 0.5) is 0 Å². The summed E-state index contributed by atoms with van der Waals surface area (Å²) < 4.78 is 27.4. The Hall–Kier alpha value is -1.93. The maximum atomic E-state index is 13.0. The Morgan fingerprint density at radius 3 is 2.28 bits per heavy atom. The van der Waals surface area contributed by atoms with Crippen LogP contribution >= 0.6 is 0 Å². The molecule has 1 saturated carbocycles. The second-order valence-electron chi connectivity index (χ2n) is 8.10.